The average Bonchev–Trinajstić information content (AvgIpc) is 2.96. The number of benzene rings is 1. The Morgan fingerprint density at radius 1 is 1.25 bits per heavy atom. The van der Waals surface area contributed by atoms with Crippen LogP contribution in [0, 0.1) is 6.92 Å². The maximum absolute atomic E-state index is 12.1. The molecular weight excluding hydrogens is 221 g/mol. The number of Topliss-reactive ketones (excluding diaryl/α,β-unsaturated/α-hetero) is 1. The van der Waals surface area contributed by atoms with E-state index in [0.717, 1.165) is 5.56 Å². The number of aryl methyl sites for hydroxylation is 1. The minimum atomic E-state index is -4.82. The number of carbonyl (C=O) groups excluding carboxylic acids is 1. The highest BCUT2D eigenvalue weighted by Gasteiger charge is 2.56. The van der Waals surface area contributed by atoms with Crippen molar-refractivity contribution in [1.82, 2.24) is 0 Å². The molecule has 2 atom stereocenters. The summed E-state index contributed by atoms with van der Waals surface area (Å²) in [4.78, 5) is 10.8. The number of ether oxygens (including phenoxy) is 1. The van der Waals surface area contributed by atoms with Gasteiger partial charge in [0.25, 0.3) is 5.78 Å². The molecule has 0 bridgehead atoms. The van der Waals surface area contributed by atoms with Crippen LogP contribution in [0.25, 0.3) is 0 Å². The Morgan fingerprint density at radius 2 is 1.81 bits per heavy atom. The Labute approximate surface area is 90.0 Å². The Balaban J connectivity index is 2.07. The number of halogens is 3. The molecule has 5 heteroatoms. The average molecular weight is 230 g/mol. The van der Waals surface area contributed by atoms with Crippen molar-refractivity contribution in [3.63, 3.8) is 0 Å². The first kappa shape index (κ1) is 11.1. The van der Waals surface area contributed by atoms with E-state index in [2.05, 4.69) is 0 Å². The molecule has 0 aromatic heterocycles. The van der Waals surface area contributed by atoms with Gasteiger partial charge in [0.1, 0.15) is 6.10 Å². The van der Waals surface area contributed by atoms with E-state index in [9.17, 15) is 18.0 Å². The minimum absolute atomic E-state index is 0.605. The zero-order chi connectivity index (χ0) is 11.9. The molecular formula is C11H9F3O2. The van der Waals surface area contributed by atoms with E-state index in [1.807, 2.05) is 6.92 Å². The number of ketones is 1. The van der Waals surface area contributed by atoms with Crippen LogP contribution in [0.3, 0.4) is 0 Å². The van der Waals surface area contributed by atoms with Gasteiger partial charge < -0.3 is 4.74 Å². The van der Waals surface area contributed by atoms with E-state index in [-0.39, 0.29) is 0 Å². The Kier molecular flexibility index (Phi) is 2.50. The first-order valence-corrected chi connectivity index (χ1v) is 4.72. The van der Waals surface area contributed by atoms with Gasteiger partial charge in [-0.3, -0.25) is 4.79 Å². The summed E-state index contributed by atoms with van der Waals surface area (Å²) in [5.41, 5.74) is 1.61. The molecule has 0 amide bonds. The molecule has 1 aromatic carbocycles. The van der Waals surface area contributed by atoms with E-state index >= 15 is 0 Å². The number of alkyl halides is 3. The van der Waals surface area contributed by atoms with Crippen molar-refractivity contribution in [3.8, 4) is 0 Å². The van der Waals surface area contributed by atoms with E-state index in [0.29, 0.717) is 5.56 Å². The Hall–Kier alpha value is -1.36. The molecule has 1 aromatic rings. The quantitative estimate of drug-likeness (QED) is 0.731. The largest absolute Gasteiger partial charge is 0.452 e. The van der Waals surface area contributed by atoms with Crippen molar-refractivity contribution in [2.45, 2.75) is 25.3 Å². The van der Waals surface area contributed by atoms with Gasteiger partial charge in [-0.25, -0.2) is 0 Å². The SMILES string of the molecule is Cc1ccc([C@H]2O[C@@H]2C(=O)C(F)(F)F)cc1. The highest BCUT2D eigenvalue weighted by molar-refractivity contribution is 5.91. The molecule has 2 rings (SSSR count). The van der Waals surface area contributed by atoms with Crippen molar-refractivity contribution in [1.29, 1.82) is 0 Å². The number of hydrogen-bond acceptors (Lipinski definition) is 2. The lowest BCUT2D eigenvalue weighted by Crippen LogP contribution is -2.27. The molecule has 1 fully saturated rings. The molecule has 0 unspecified atom stereocenters. The molecule has 1 heterocycles. The van der Waals surface area contributed by atoms with Crippen molar-refractivity contribution in [2.24, 2.45) is 0 Å². The normalized spacial score (nSPS) is 24.2. The molecule has 0 aliphatic carbocycles. The first-order chi connectivity index (χ1) is 7.39. The summed E-state index contributed by atoms with van der Waals surface area (Å²) in [5.74, 6) is -1.81. The maximum Gasteiger partial charge on any atom is 0.452 e. The minimum Gasteiger partial charge on any atom is -0.356 e. The molecule has 1 aliphatic rings. The van der Waals surface area contributed by atoms with Crippen LogP contribution in [0.1, 0.15) is 17.2 Å². The van der Waals surface area contributed by atoms with Crippen LogP contribution in [0.2, 0.25) is 0 Å². The third-order valence-corrected chi connectivity index (χ3v) is 2.44. The van der Waals surface area contributed by atoms with Gasteiger partial charge in [-0.1, -0.05) is 29.8 Å². The topological polar surface area (TPSA) is 29.6 Å². The van der Waals surface area contributed by atoms with Crippen LogP contribution in [0.4, 0.5) is 13.2 Å². The number of carbonyl (C=O) groups is 1. The fraction of sp³-hybridized carbons (Fsp3) is 0.364. The highest BCUT2D eigenvalue weighted by Crippen LogP contribution is 2.42. The number of epoxide rings is 1. The molecule has 0 spiro atoms. The molecule has 0 saturated carbocycles. The monoisotopic (exact) mass is 230 g/mol. The standard InChI is InChI=1S/C11H9F3O2/c1-6-2-4-7(5-3-6)8-9(16-8)10(15)11(12,13)14/h2-5,8-9H,1H3/t8-,9+/m1/s1. The Morgan fingerprint density at radius 3 is 2.31 bits per heavy atom. The van der Waals surface area contributed by atoms with Crippen LogP contribution >= 0.6 is 0 Å². The summed E-state index contributed by atoms with van der Waals surface area (Å²) >= 11 is 0. The third kappa shape index (κ3) is 2.09. The predicted octanol–water partition coefficient (Wildman–Crippen LogP) is 2.57. The second-order valence-electron chi connectivity index (χ2n) is 3.75. The smallest absolute Gasteiger partial charge is 0.356 e. The van der Waals surface area contributed by atoms with Crippen LogP contribution in [0.15, 0.2) is 24.3 Å². The summed E-state index contributed by atoms with van der Waals surface area (Å²) in [6.45, 7) is 1.87. The second-order valence-corrected chi connectivity index (χ2v) is 3.75. The van der Waals surface area contributed by atoms with Crippen LogP contribution in [-0.2, 0) is 9.53 Å². The second kappa shape index (κ2) is 3.59. The maximum atomic E-state index is 12.1. The van der Waals surface area contributed by atoms with Crippen LogP contribution in [-0.4, -0.2) is 18.1 Å². The summed E-state index contributed by atoms with van der Waals surface area (Å²) in [6, 6.07) is 6.88. The lowest BCUT2D eigenvalue weighted by Gasteiger charge is -2.01. The zero-order valence-corrected chi connectivity index (χ0v) is 8.41. The van der Waals surface area contributed by atoms with Crippen molar-refractivity contribution in [3.05, 3.63) is 35.4 Å². The molecule has 0 N–H and O–H groups in total. The van der Waals surface area contributed by atoms with E-state index in [4.69, 9.17) is 4.74 Å². The molecule has 2 nitrogen and oxygen atoms in total. The van der Waals surface area contributed by atoms with Gasteiger partial charge in [-0.2, -0.15) is 13.2 Å². The van der Waals surface area contributed by atoms with Gasteiger partial charge >= 0.3 is 6.18 Å². The molecule has 1 saturated heterocycles. The molecule has 0 radical (unpaired) electrons. The van der Waals surface area contributed by atoms with E-state index in [1.165, 1.54) is 0 Å². The van der Waals surface area contributed by atoms with Gasteiger partial charge in [-0.15, -0.1) is 0 Å². The van der Waals surface area contributed by atoms with Crippen molar-refractivity contribution < 1.29 is 22.7 Å². The van der Waals surface area contributed by atoms with Gasteiger partial charge in [0.15, 0.2) is 6.10 Å². The first-order valence-electron chi connectivity index (χ1n) is 4.72. The fourth-order valence-corrected chi connectivity index (χ4v) is 1.48. The zero-order valence-electron chi connectivity index (χ0n) is 8.41. The van der Waals surface area contributed by atoms with E-state index in [1.54, 1.807) is 24.3 Å². The highest BCUT2D eigenvalue weighted by atomic mass is 19.4. The van der Waals surface area contributed by atoms with E-state index < -0.39 is 24.2 Å². The van der Waals surface area contributed by atoms with Gasteiger partial charge in [0.05, 0.1) is 0 Å². The fourth-order valence-electron chi connectivity index (χ4n) is 1.48. The predicted molar refractivity (Wildman–Crippen MR) is 49.9 cm³/mol. The summed E-state index contributed by atoms with van der Waals surface area (Å²) in [5, 5.41) is 0. The molecule has 86 valence electrons. The number of rotatable bonds is 2. The summed E-state index contributed by atoms with van der Waals surface area (Å²) in [6.07, 6.45) is -6.91. The Bertz CT molecular complexity index is 408. The summed E-state index contributed by atoms with van der Waals surface area (Å²) < 4.78 is 41.0. The summed E-state index contributed by atoms with van der Waals surface area (Å²) in [7, 11) is 0. The number of hydrogen-bond donors (Lipinski definition) is 0. The van der Waals surface area contributed by atoms with Gasteiger partial charge in [0, 0.05) is 0 Å². The van der Waals surface area contributed by atoms with Crippen LogP contribution in [0.5, 0.6) is 0 Å². The van der Waals surface area contributed by atoms with Gasteiger partial charge in [0.2, 0.25) is 0 Å². The van der Waals surface area contributed by atoms with Crippen LogP contribution < -0.4 is 0 Å². The van der Waals surface area contributed by atoms with Gasteiger partial charge in [-0.05, 0) is 12.5 Å². The molecule has 1 aliphatic heterocycles. The lowest BCUT2D eigenvalue weighted by molar-refractivity contribution is -0.172. The van der Waals surface area contributed by atoms with Crippen molar-refractivity contribution >= 4 is 5.78 Å². The molecule has 16 heavy (non-hydrogen) atoms. The lowest BCUT2D eigenvalue weighted by atomic mass is 10.1. The van der Waals surface area contributed by atoms with Crippen molar-refractivity contribution in [2.75, 3.05) is 0 Å². The third-order valence-electron chi connectivity index (χ3n) is 2.44.